The van der Waals surface area contributed by atoms with E-state index < -0.39 is 0 Å². The van der Waals surface area contributed by atoms with Gasteiger partial charge < -0.3 is 0 Å². The third kappa shape index (κ3) is 2.29. The van der Waals surface area contributed by atoms with Crippen LogP contribution < -0.4 is 0 Å². The lowest BCUT2D eigenvalue weighted by Gasteiger charge is -2.03. The summed E-state index contributed by atoms with van der Waals surface area (Å²) in [4.78, 5) is 14.1. The molecule has 1 aliphatic rings. The first-order valence-electron chi connectivity index (χ1n) is 6.06. The molecular formula is C15H13BrOS. The van der Waals surface area contributed by atoms with E-state index in [1.54, 1.807) is 11.3 Å². The molecule has 0 aliphatic heterocycles. The normalized spacial score (nSPS) is 14.8. The summed E-state index contributed by atoms with van der Waals surface area (Å²) in [5.74, 6) is 0.642. The number of carbonyl (C=O) groups excluding carboxylic acids is 1. The van der Waals surface area contributed by atoms with Crippen molar-refractivity contribution in [1.29, 1.82) is 0 Å². The zero-order chi connectivity index (χ0) is 12.7. The Labute approximate surface area is 119 Å². The highest BCUT2D eigenvalue weighted by atomic mass is 79.9. The quantitative estimate of drug-likeness (QED) is 0.721. The Hall–Kier alpha value is -0.930. The number of ketones is 1. The van der Waals surface area contributed by atoms with Gasteiger partial charge in [0.1, 0.15) is 0 Å². The summed E-state index contributed by atoms with van der Waals surface area (Å²) in [5.41, 5.74) is 2.45. The first-order chi connectivity index (χ1) is 8.65. The molecule has 1 heterocycles. The Balaban J connectivity index is 1.94. The molecule has 0 N–H and O–H groups in total. The molecular weight excluding hydrogens is 308 g/mol. The lowest BCUT2D eigenvalue weighted by molar-refractivity contribution is 0.0971. The van der Waals surface area contributed by atoms with Crippen LogP contribution >= 0.6 is 27.3 Å². The summed E-state index contributed by atoms with van der Waals surface area (Å²) in [6.07, 6.45) is 2.15. The zero-order valence-electron chi connectivity index (χ0n) is 10.1. The molecule has 0 radical (unpaired) electrons. The van der Waals surface area contributed by atoms with Gasteiger partial charge in [0.05, 0.1) is 4.88 Å². The number of carbonyl (C=O) groups is 1. The number of benzene rings is 1. The second-order valence-electron chi connectivity index (χ2n) is 4.76. The summed E-state index contributed by atoms with van der Waals surface area (Å²) in [5, 5.41) is 0. The molecule has 92 valence electrons. The van der Waals surface area contributed by atoms with Crippen LogP contribution in [0.15, 0.2) is 34.8 Å². The van der Waals surface area contributed by atoms with E-state index in [1.165, 1.54) is 16.0 Å². The molecule has 0 atom stereocenters. The third-order valence-corrected chi connectivity index (χ3v) is 4.88. The number of hydrogen-bond donors (Lipinski definition) is 0. The van der Waals surface area contributed by atoms with Crippen LogP contribution in [-0.2, 0) is 0 Å². The van der Waals surface area contributed by atoms with Crippen molar-refractivity contribution in [2.75, 3.05) is 0 Å². The lowest BCUT2D eigenvalue weighted by atomic mass is 10.1. The highest BCUT2D eigenvalue weighted by Crippen LogP contribution is 2.37. The molecule has 0 saturated heterocycles. The molecule has 1 fully saturated rings. The van der Waals surface area contributed by atoms with E-state index >= 15 is 0 Å². The molecule has 0 amide bonds. The van der Waals surface area contributed by atoms with E-state index in [2.05, 4.69) is 41.1 Å². The first kappa shape index (κ1) is 12.1. The van der Waals surface area contributed by atoms with Crippen molar-refractivity contribution < 1.29 is 4.79 Å². The number of Topliss-reactive ketones (excluding diaryl/α,β-unsaturated/α-hetero) is 1. The monoisotopic (exact) mass is 320 g/mol. The van der Waals surface area contributed by atoms with E-state index in [-0.39, 0.29) is 0 Å². The minimum absolute atomic E-state index is 0.308. The van der Waals surface area contributed by atoms with Gasteiger partial charge in [0, 0.05) is 15.3 Å². The van der Waals surface area contributed by atoms with E-state index in [0.717, 1.165) is 22.2 Å². The van der Waals surface area contributed by atoms with Gasteiger partial charge >= 0.3 is 0 Å². The van der Waals surface area contributed by atoms with Gasteiger partial charge in [-0.1, -0.05) is 22.0 Å². The Morgan fingerprint density at radius 3 is 2.72 bits per heavy atom. The van der Waals surface area contributed by atoms with E-state index in [9.17, 15) is 4.79 Å². The predicted molar refractivity (Wildman–Crippen MR) is 79.2 cm³/mol. The SMILES string of the molecule is Cc1cc(Br)ccc1-c1ccc(C(=O)C2CC2)s1. The van der Waals surface area contributed by atoms with Gasteiger partial charge in [0.15, 0.2) is 5.78 Å². The summed E-state index contributed by atoms with van der Waals surface area (Å²) in [7, 11) is 0. The molecule has 1 aromatic carbocycles. The van der Waals surface area contributed by atoms with Crippen LogP contribution in [-0.4, -0.2) is 5.78 Å². The van der Waals surface area contributed by atoms with Crippen molar-refractivity contribution in [1.82, 2.24) is 0 Å². The molecule has 0 spiro atoms. The summed E-state index contributed by atoms with van der Waals surface area (Å²) >= 11 is 5.09. The van der Waals surface area contributed by atoms with Gasteiger partial charge in [0.25, 0.3) is 0 Å². The van der Waals surface area contributed by atoms with Gasteiger partial charge in [-0.25, -0.2) is 0 Å². The van der Waals surface area contributed by atoms with Gasteiger partial charge in [-0.2, -0.15) is 0 Å². The van der Waals surface area contributed by atoms with Crippen molar-refractivity contribution in [3.8, 4) is 10.4 Å². The molecule has 1 aromatic heterocycles. The van der Waals surface area contributed by atoms with E-state index in [4.69, 9.17) is 0 Å². The lowest BCUT2D eigenvalue weighted by Crippen LogP contribution is -1.96. The van der Waals surface area contributed by atoms with Crippen molar-refractivity contribution in [2.24, 2.45) is 5.92 Å². The maximum atomic E-state index is 12.0. The molecule has 1 nitrogen and oxygen atoms in total. The van der Waals surface area contributed by atoms with Gasteiger partial charge in [0.2, 0.25) is 0 Å². The fourth-order valence-electron chi connectivity index (χ4n) is 2.07. The summed E-state index contributed by atoms with van der Waals surface area (Å²) in [6.45, 7) is 2.10. The van der Waals surface area contributed by atoms with Crippen LogP contribution in [0.3, 0.4) is 0 Å². The molecule has 3 rings (SSSR count). The Kier molecular flexibility index (Phi) is 3.12. The highest BCUT2D eigenvalue weighted by molar-refractivity contribution is 9.10. The third-order valence-electron chi connectivity index (χ3n) is 3.25. The van der Waals surface area contributed by atoms with Crippen molar-refractivity contribution in [3.63, 3.8) is 0 Å². The minimum atomic E-state index is 0.308. The smallest absolute Gasteiger partial charge is 0.175 e. The Morgan fingerprint density at radius 1 is 1.28 bits per heavy atom. The number of rotatable bonds is 3. The van der Waals surface area contributed by atoms with Gasteiger partial charge in [-0.3, -0.25) is 4.79 Å². The zero-order valence-corrected chi connectivity index (χ0v) is 12.5. The molecule has 1 aliphatic carbocycles. The van der Waals surface area contributed by atoms with Gasteiger partial charge in [-0.05, 0) is 55.2 Å². The number of halogens is 1. The average Bonchev–Trinajstić information content (AvgIpc) is 3.07. The molecule has 3 heteroatoms. The summed E-state index contributed by atoms with van der Waals surface area (Å²) in [6, 6.07) is 10.3. The Morgan fingerprint density at radius 2 is 2.06 bits per heavy atom. The standard InChI is InChI=1S/C15H13BrOS/c1-9-8-11(16)4-5-12(9)13-6-7-14(18-13)15(17)10-2-3-10/h4-8,10H,2-3H2,1H3. The van der Waals surface area contributed by atoms with Crippen LogP contribution in [0.2, 0.25) is 0 Å². The van der Waals surface area contributed by atoms with Crippen molar-refractivity contribution in [3.05, 3.63) is 45.2 Å². The molecule has 2 aromatic rings. The largest absolute Gasteiger partial charge is 0.293 e. The van der Waals surface area contributed by atoms with Crippen LogP contribution in [0.4, 0.5) is 0 Å². The van der Waals surface area contributed by atoms with Crippen molar-refractivity contribution in [2.45, 2.75) is 19.8 Å². The predicted octanol–water partition coefficient (Wildman–Crippen LogP) is 5.08. The fraction of sp³-hybridized carbons (Fsp3) is 0.267. The Bertz CT molecular complexity index is 611. The number of thiophene rings is 1. The van der Waals surface area contributed by atoms with Crippen LogP contribution in [0.1, 0.15) is 28.1 Å². The van der Waals surface area contributed by atoms with Crippen molar-refractivity contribution >= 4 is 33.0 Å². The average molecular weight is 321 g/mol. The molecule has 1 saturated carbocycles. The topological polar surface area (TPSA) is 17.1 Å². The maximum Gasteiger partial charge on any atom is 0.175 e. The fourth-order valence-corrected chi connectivity index (χ4v) is 3.66. The molecule has 0 unspecified atom stereocenters. The molecule has 18 heavy (non-hydrogen) atoms. The van der Waals surface area contributed by atoms with E-state index in [1.807, 2.05) is 12.1 Å². The minimum Gasteiger partial charge on any atom is -0.293 e. The highest BCUT2D eigenvalue weighted by Gasteiger charge is 2.31. The van der Waals surface area contributed by atoms with Crippen LogP contribution in [0.25, 0.3) is 10.4 Å². The second-order valence-corrected chi connectivity index (χ2v) is 6.76. The summed E-state index contributed by atoms with van der Waals surface area (Å²) < 4.78 is 1.09. The number of aryl methyl sites for hydroxylation is 1. The second kappa shape index (κ2) is 4.63. The van der Waals surface area contributed by atoms with Crippen LogP contribution in [0, 0.1) is 12.8 Å². The maximum absolute atomic E-state index is 12.0. The van der Waals surface area contributed by atoms with E-state index in [0.29, 0.717) is 11.7 Å². The molecule has 0 bridgehead atoms. The number of hydrogen-bond acceptors (Lipinski definition) is 2. The van der Waals surface area contributed by atoms with Gasteiger partial charge in [-0.15, -0.1) is 11.3 Å². The first-order valence-corrected chi connectivity index (χ1v) is 7.66. The van der Waals surface area contributed by atoms with Crippen LogP contribution in [0.5, 0.6) is 0 Å².